The second-order valence-electron chi connectivity index (χ2n) is 1.94. The Kier molecular flexibility index (Phi) is 7.52. The van der Waals surface area contributed by atoms with Crippen LogP contribution in [0.4, 0.5) is 0 Å². The van der Waals surface area contributed by atoms with Crippen LogP contribution < -0.4 is 0 Å². The Bertz CT molecular complexity index is 162. The second-order valence-corrected chi connectivity index (χ2v) is 2.50. The highest BCUT2D eigenvalue weighted by Crippen LogP contribution is 2.02. The molecule has 1 nitrogen and oxygen atoms in total. The first-order valence-corrected chi connectivity index (χ1v) is 4.68. The third kappa shape index (κ3) is 6.07. The van der Waals surface area contributed by atoms with E-state index in [1.807, 2.05) is 18.2 Å². The quantitative estimate of drug-likeness (QED) is 0.717. The number of alkyl halides is 1. The van der Waals surface area contributed by atoms with Gasteiger partial charge in [-0.3, -0.25) is 0 Å². The molecule has 0 radical (unpaired) electrons. The summed E-state index contributed by atoms with van der Waals surface area (Å²) < 4.78 is 0. The summed E-state index contributed by atoms with van der Waals surface area (Å²) in [5.74, 6) is 0. The molecule has 0 aliphatic rings. The van der Waals surface area contributed by atoms with E-state index in [1.165, 1.54) is 5.56 Å². The van der Waals surface area contributed by atoms with Crippen molar-refractivity contribution in [1.29, 1.82) is 0 Å². The van der Waals surface area contributed by atoms with Gasteiger partial charge in [0.05, 0.1) is 0 Å². The first-order valence-electron chi connectivity index (χ1n) is 3.55. The van der Waals surface area contributed by atoms with Crippen molar-refractivity contribution in [3.05, 3.63) is 35.9 Å². The molecule has 0 spiro atoms. The van der Waals surface area contributed by atoms with Crippen molar-refractivity contribution in [2.45, 2.75) is 12.3 Å². The van der Waals surface area contributed by atoms with Crippen molar-refractivity contribution in [1.82, 2.24) is 0 Å². The molecule has 11 heavy (non-hydrogen) atoms. The molecule has 0 fully saturated rings. The largest absolute Gasteiger partial charge is 0.397 e. The van der Waals surface area contributed by atoms with Crippen LogP contribution in [0.15, 0.2) is 30.3 Å². The highest BCUT2D eigenvalue weighted by molar-refractivity contribution is 9.08. The van der Waals surface area contributed by atoms with E-state index in [4.69, 9.17) is 5.11 Å². The van der Waals surface area contributed by atoms with Gasteiger partial charge in [0, 0.05) is 11.9 Å². The third-order valence-corrected chi connectivity index (χ3v) is 1.64. The predicted molar refractivity (Wildman–Crippen MR) is 51.8 cm³/mol. The third-order valence-electron chi connectivity index (χ3n) is 0.997. The number of hydrogen-bond acceptors (Lipinski definition) is 1. The highest BCUT2D eigenvalue weighted by Gasteiger charge is 1.81. The fourth-order valence-corrected chi connectivity index (χ4v) is 0.941. The maximum absolute atomic E-state index is 7.57. The van der Waals surface area contributed by atoms with Gasteiger partial charge in [-0.1, -0.05) is 46.3 Å². The van der Waals surface area contributed by atoms with Gasteiger partial charge in [-0.15, -0.1) is 0 Å². The molecule has 2 heteroatoms. The van der Waals surface area contributed by atoms with E-state index in [1.54, 1.807) is 6.92 Å². The van der Waals surface area contributed by atoms with Crippen LogP contribution in [0.2, 0.25) is 0 Å². The van der Waals surface area contributed by atoms with Crippen molar-refractivity contribution >= 4 is 15.9 Å². The molecule has 0 aliphatic carbocycles. The average molecular weight is 217 g/mol. The van der Waals surface area contributed by atoms with Gasteiger partial charge in [-0.2, -0.15) is 0 Å². The van der Waals surface area contributed by atoms with Crippen LogP contribution in [-0.2, 0) is 5.33 Å². The minimum Gasteiger partial charge on any atom is -0.397 e. The number of rotatable bonds is 1. The van der Waals surface area contributed by atoms with E-state index in [-0.39, 0.29) is 6.61 Å². The SMILES string of the molecule is BrCc1ccccc1.CCO. The van der Waals surface area contributed by atoms with Gasteiger partial charge >= 0.3 is 0 Å². The Morgan fingerprint density at radius 2 is 1.73 bits per heavy atom. The van der Waals surface area contributed by atoms with Crippen molar-refractivity contribution in [2.24, 2.45) is 0 Å². The van der Waals surface area contributed by atoms with Crippen molar-refractivity contribution in [2.75, 3.05) is 6.61 Å². The zero-order valence-electron chi connectivity index (χ0n) is 6.63. The summed E-state index contributed by atoms with van der Waals surface area (Å²) in [6.07, 6.45) is 0. The second kappa shape index (κ2) is 7.76. The Morgan fingerprint density at radius 3 is 2.00 bits per heavy atom. The monoisotopic (exact) mass is 216 g/mol. The number of benzene rings is 1. The number of hydrogen-bond donors (Lipinski definition) is 1. The smallest absolute Gasteiger partial charge is 0.0402 e. The van der Waals surface area contributed by atoms with Crippen LogP contribution in [0.25, 0.3) is 0 Å². The minimum absolute atomic E-state index is 0.250. The highest BCUT2D eigenvalue weighted by atomic mass is 79.9. The van der Waals surface area contributed by atoms with E-state index in [2.05, 4.69) is 28.1 Å². The molecule has 0 saturated heterocycles. The van der Waals surface area contributed by atoms with Crippen LogP contribution in [0.3, 0.4) is 0 Å². The van der Waals surface area contributed by atoms with E-state index >= 15 is 0 Å². The van der Waals surface area contributed by atoms with Crippen LogP contribution in [0, 0.1) is 0 Å². The van der Waals surface area contributed by atoms with Gasteiger partial charge in [0.15, 0.2) is 0 Å². The average Bonchev–Trinajstić information content (AvgIpc) is 2.08. The van der Waals surface area contributed by atoms with Crippen molar-refractivity contribution < 1.29 is 5.11 Å². The molecule has 1 aromatic carbocycles. The lowest BCUT2D eigenvalue weighted by Gasteiger charge is -1.88. The van der Waals surface area contributed by atoms with Gasteiger partial charge in [0.1, 0.15) is 0 Å². The van der Waals surface area contributed by atoms with Crippen molar-refractivity contribution in [3.63, 3.8) is 0 Å². The molecule has 0 saturated carbocycles. The van der Waals surface area contributed by atoms with Crippen LogP contribution in [0.1, 0.15) is 12.5 Å². The van der Waals surface area contributed by atoms with Crippen LogP contribution in [-0.4, -0.2) is 11.7 Å². The fourth-order valence-electron chi connectivity index (χ4n) is 0.567. The lowest BCUT2D eigenvalue weighted by Crippen LogP contribution is -1.70. The maximum atomic E-state index is 7.57. The van der Waals surface area contributed by atoms with Gasteiger partial charge in [0.2, 0.25) is 0 Å². The Morgan fingerprint density at radius 1 is 1.27 bits per heavy atom. The van der Waals surface area contributed by atoms with E-state index in [9.17, 15) is 0 Å². The summed E-state index contributed by atoms with van der Waals surface area (Å²) >= 11 is 3.36. The fraction of sp³-hybridized carbons (Fsp3) is 0.333. The summed E-state index contributed by atoms with van der Waals surface area (Å²) in [6.45, 7) is 1.93. The molecule has 0 atom stereocenters. The molecule has 0 aromatic heterocycles. The lowest BCUT2D eigenvalue weighted by atomic mass is 10.2. The molecule has 0 unspecified atom stereocenters. The summed E-state index contributed by atoms with van der Waals surface area (Å²) in [7, 11) is 0. The van der Waals surface area contributed by atoms with E-state index in [0.29, 0.717) is 0 Å². The molecule has 62 valence electrons. The molecule has 0 heterocycles. The minimum atomic E-state index is 0.250. The molecule has 1 aromatic rings. The number of halogens is 1. The zero-order valence-corrected chi connectivity index (χ0v) is 8.21. The van der Waals surface area contributed by atoms with Crippen LogP contribution in [0.5, 0.6) is 0 Å². The maximum Gasteiger partial charge on any atom is 0.0402 e. The Labute approximate surface area is 76.2 Å². The van der Waals surface area contributed by atoms with Gasteiger partial charge in [-0.05, 0) is 12.5 Å². The summed E-state index contributed by atoms with van der Waals surface area (Å²) in [6, 6.07) is 10.3. The van der Waals surface area contributed by atoms with E-state index < -0.39 is 0 Å². The molecule has 1 N–H and O–H groups in total. The van der Waals surface area contributed by atoms with Crippen LogP contribution >= 0.6 is 15.9 Å². The van der Waals surface area contributed by atoms with Crippen molar-refractivity contribution in [3.8, 4) is 0 Å². The summed E-state index contributed by atoms with van der Waals surface area (Å²) in [5.41, 5.74) is 1.33. The number of aliphatic hydroxyl groups excluding tert-OH is 1. The Balaban J connectivity index is 0.000000292. The predicted octanol–water partition coefficient (Wildman–Crippen LogP) is 2.58. The number of aliphatic hydroxyl groups is 1. The zero-order chi connectivity index (χ0) is 8.53. The topological polar surface area (TPSA) is 20.2 Å². The van der Waals surface area contributed by atoms with Gasteiger partial charge < -0.3 is 5.11 Å². The normalized spacial score (nSPS) is 8.27. The molecular weight excluding hydrogens is 204 g/mol. The molecular formula is C9H13BrO. The Hall–Kier alpha value is -0.340. The lowest BCUT2D eigenvalue weighted by molar-refractivity contribution is 0.318. The molecule has 0 aliphatic heterocycles. The summed E-state index contributed by atoms with van der Waals surface area (Å²) in [5, 5.41) is 8.52. The van der Waals surface area contributed by atoms with Gasteiger partial charge in [-0.25, -0.2) is 0 Å². The molecule has 1 rings (SSSR count). The molecule has 0 bridgehead atoms. The first kappa shape index (κ1) is 10.7. The van der Waals surface area contributed by atoms with Gasteiger partial charge in [0.25, 0.3) is 0 Å². The first-order chi connectivity index (χ1) is 5.35. The summed E-state index contributed by atoms with van der Waals surface area (Å²) in [4.78, 5) is 0. The van der Waals surface area contributed by atoms with E-state index in [0.717, 1.165) is 5.33 Å². The standard InChI is InChI=1S/C7H7Br.C2H6O/c8-6-7-4-2-1-3-5-7;1-2-3/h1-5H,6H2;3H,2H2,1H3. The molecule has 0 amide bonds.